The van der Waals surface area contributed by atoms with Gasteiger partial charge in [-0.2, -0.15) is 0 Å². The molecule has 0 spiro atoms. The van der Waals surface area contributed by atoms with Gasteiger partial charge < -0.3 is 20.0 Å². The highest BCUT2D eigenvalue weighted by Crippen LogP contribution is 2.26. The van der Waals surface area contributed by atoms with Crippen molar-refractivity contribution < 1.29 is 14.0 Å². The molecular weight excluding hydrogens is 368 g/mol. The van der Waals surface area contributed by atoms with Crippen LogP contribution < -0.4 is 10.6 Å². The van der Waals surface area contributed by atoms with E-state index in [2.05, 4.69) is 15.6 Å². The number of rotatable bonds is 5. The first-order chi connectivity index (χ1) is 14.1. The topological polar surface area (TPSA) is 87.5 Å². The summed E-state index contributed by atoms with van der Waals surface area (Å²) in [6, 6.07) is 7.80. The zero-order valence-corrected chi connectivity index (χ0v) is 16.8. The molecule has 29 heavy (non-hydrogen) atoms. The third-order valence-corrected chi connectivity index (χ3v) is 5.83. The van der Waals surface area contributed by atoms with E-state index in [4.69, 9.17) is 4.42 Å². The van der Waals surface area contributed by atoms with E-state index < -0.39 is 0 Å². The van der Waals surface area contributed by atoms with Gasteiger partial charge in [0.2, 0.25) is 5.91 Å². The van der Waals surface area contributed by atoms with Crippen molar-refractivity contribution in [2.45, 2.75) is 38.6 Å². The standard InChI is InChI=1S/C22H28N4O3/c1-15-6-8-17(9-7-15)20-19(25-14-29-20)22(28)26-11-3-4-16(13-26)12-24-21(27)18-5-2-10-23-18/h6-9,14,16,18,23H,2-5,10-13H2,1H3,(H,24,27). The van der Waals surface area contributed by atoms with Crippen LogP contribution in [0.2, 0.25) is 0 Å². The Balaban J connectivity index is 1.38. The fourth-order valence-electron chi connectivity index (χ4n) is 4.15. The second-order valence-corrected chi connectivity index (χ2v) is 8.05. The van der Waals surface area contributed by atoms with Crippen LogP contribution in [0.4, 0.5) is 0 Å². The van der Waals surface area contributed by atoms with Crippen LogP contribution >= 0.6 is 0 Å². The molecule has 3 heterocycles. The fourth-order valence-corrected chi connectivity index (χ4v) is 4.15. The first-order valence-corrected chi connectivity index (χ1v) is 10.4. The number of likely N-dealkylation sites (tertiary alicyclic amines) is 1. The van der Waals surface area contributed by atoms with Gasteiger partial charge in [-0.15, -0.1) is 0 Å². The average molecular weight is 396 g/mol. The van der Waals surface area contributed by atoms with Crippen molar-refractivity contribution in [3.63, 3.8) is 0 Å². The van der Waals surface area contributed by atoms with Crippen molar-refractivity contribution in [3.05, 3.63) is 41.9 Å². The Morgan fingerprint density at radius 3 is 2.83 bits per heavy atom. The minimum Gasteiger partial charge on any atom is -0.443 e. The van der Waals surface area contributed by atoms with E-state index in [1.54, 1.807) is 0 Å². The molecule has 1 aromatic heterocycles. The molecule has 1 aromatic carbocycles. The van der Waals surface area contributed by atoms with Crippen LogP contribution in [0, 0.1) is 12.8 Å². The van der Waals surface area contributed by atoms with Gasteiger partial charge >= 0.3 is 0 Å². The number of amides is 2. The van der Waals surface area contributed by atoms with Crippen LogP contribution in [-0.4, -0.2) is 53.9 Å². The average Bonchev–Trinajstić information content (AvgIpc) is 3.44. The van der Waals surface area contributed by atoms with Crippen molar-refractivity contribution in [1.29, 1.82) is 0 Å². The summed E-state index contributed by atoms with van der Waals surface area (Å²) in [6.07, 6.45) is 5.20. The molecule has 4 rings (SSSR count). The molecule has 7 nitrogen and oxygen atoms in total. The molecule has 154 valence electrons. The van der Waals surface area contributed by atoms with Gasteiger partial charge in [-0.05, 0) is 45.1 Å². The normalized spacial score (nSPS) is 21.9. The minimum absolute atomic E-state index is 0.0662. The molecular formula is C22H28N4O3. The molecule has 2 aliphatic rings. The SMILES string of the molecule is Cc1ccc(-c2ocnc2C(=O)N2CCCC(CNC(=O)C3CCCN3)C2)cc1. The fraction of sp³-hybridized carbons (Fsp3) is 0.500. The second kappa shape index (κ2) is 8.78. The van der Waals surface area contributed by atoms with Crippen molar-refractivity contribution in [3.8, 4) is 11.3 Å². The van der Waals surface area contributed by atoms with E-state index in [1.807, 2.05) is 36.1 Å². The predicted molar refractivity (Wildman–Crippen MR) is 109 cm³/mol. The van der Waals surface area contributed by atoms with Gasteiger partial charge in [-0.3, -0.25) is 9.59 Å². The number of aryl methyl sites for hydroxylation is 1. The first kappa shape index (κ1) is 19.6. The van der Waals surface area contributed by atoms with Gasteiger partial charge in [0, 0.05) is 25.2 Å². The minimum atomic E-state index is -0.109. The highest BCUT2D eigenvalue weighted by atomic mass is 16.3. The van der Waals surface area contributed by atoms with E-state index in [0.717, 1.165) is 43.4 Å². The summed E-state index contributed by atoms with van der Waals surface area (Å²) >= 11 is 0. The lowest BCUT2D eigenvalue weighted by Gasteiger charge is -2.32. The van der Waals surface area contributed by atoms with Gasteiger partial charge in [-0.1, -0.05) is 29.8 Å². The summed E-state index contributed by atoms with van der Waals surface area (Å²) in [5, 5.41) is 6.28. The maximum atomic E-state index is 13.1. The van der Waals surface area contributed by atoms with Crippen LogP contribution in [0.25, 0.3) is 11.3 Å². The molecule has 0 saturated carbocycles. The summed E-state index contributed by atoms with van der Waals surface area (Å²) in [6.45, 7) is 4.85. The summed E-state index contributed by atoms with van der Waals surface area (Å²) in [7, 11) is 0. The molecule has 2 amide bonds. The van der Waals surface area contributed by atoms with Gasteiger partial charge in [0.05, 0.1) is 6.04 Å². The molecule has 2 N–H and O–H groups in total. The van der Waals surface area contributed by atoms with Gasteiger partial charge in [0.1, 0.15) is 0 Å². The predicted octanol–water partition coefficient (Wildman–Crippen LogP) is 2.37. The monoisotopic (exact) mass is 396 g/mol. The van der Waals surface area contributed by atoms with E-state index >= 15 is 0 Å². The Morgan fingerprint density at radius 1 is 1.24 bits per heavy atom. The van der Waals surface area contributed by atoms with Crippen LogP contribution in [0.3, 0.4) is 0 Å². The van der Waals surface area contributed by atoms with Crippen LogP contribution in [0.1, 0.15) is 41.7 Å². The maximum absolute atomic E-state index is 13.1. The summed E-state index contributed by atoms with van der Waals surface area (Å²) in [5.74, 6) is 0.734. The van der Waals surface area contributed by atoms with E-state index in [9.17, 15) is 9.59 Å². The van der Waals surface area contributed by atoms with Crippen LogP contribution in [-0.2, 0) is 4.79 Å². The number of hydrogen-bond donors (Lipinski definition) is 2. The molecule has 2 atom stereocenters. The van der Waals surface area contributed by atoms with E-state index in [-0.39, 0.29) is 23.8 Å². The molecule has 2 saturated heterocycles. The summed E-state index contributed by atoms with van der Waals surface area (Å²) in [4.78, 5) is 31.4. The lowest BCUT2D eigenvalue weighted by molar-refractivity contribution is -0.123. The van der Waals surface area contributed by atoms with Gasteiger partial charge in [0.25, 0.3) is 5.91 Å². The largest absolute Gasteiger partial charge is 0.443 e. The molecule has 7 heteroatoms. The third kappa shape index (κ3) is 4.50. The number of carbonyl (C=O) groups excluding carboxylic acids is 2. The lowest BCUT2D eigenvalue weighted by Crippen LogP contribution is -2.46. The highest BCUT2D eigenvalue weighted by Gasteiger charge is 2.29. The molecule has 2 aliphatic heterocycles. The summed E-state index contributed by atoms with van der Waals surface area (Å²) in [5.41, 5.74) is 2.35. The molecule has 2 unspecified atom stereocenters. The van der Waals surface area contributed by atoms with Gasteiger partial charge in [0.15, 0.2) is 17.8 Å². The van der Waals surface area contributed by atoms with Crippen molar-refractivity contribution >= 4 is 11.8 Å². The number of aromatic nitrogens is 1. The number of piperidine rings is 1. The Hall–Kier alpha value is -2.67. The summed E-state index contributed by atoms with van der Waals surface area (Å²) < 4.78 is 5.54. The molecule has 0 aliphatic carbocycles. The smallest absolute Gasteiger partial charge is 0.276 e. The Morgan fingerprint density at radius 2 is 2.07 bits per heavy atom. The number of nitrogens with one attached hydrogen (secondary N) is 2. The molecule has 2 aromatic rings. The van der Waals surface area contributed by atoms with E-state index in [1.165, 1.54) is 6.39 Å². The van der Waals surface area contributed by atoms with Crippen LogP contribution in [0.5, 0.6) is 0 Å². The van der Waals surface area contributed by atoms with Crippen molar-refractivity contribution in [2.24, 2.45) is 5.92 Å². The number of oxazole rings is 1. The number of benzene rings is 1. The number of carbonyl (C=O) groups is 2. The first-order valence-electron chi connectivity index (χ1n) is 10.4. The van der Waals surface area contributed by atoms with Gasteiger partial charge in [-0.25, -0.2) is 4.98 Å². The van der Waals surface area contributed by atoms with Crippen molar-refractivity contribution in [2.75, 3.05) is 26.2 Å². The number of hydrogen-bond acceptors (Lipinski definition) is 5. The quantitative estimate of drug-likeness (QED) is 0.810. The molecule has 2 fully saturated rings. The molecule has 0 radical (unpaired) electrons. The Kier molecular flexibility index (Phi) is 5.94. The molecule has 0 bridgehead atoms. The van der Waals surface area contributed by atoms with Crippen LogP contribution in [0.15, 0.2) is 35.1 Å². The maximum Gasteiger partial charge on any atom is 0.276 e. The lowest BCUT2D eigenvalue weighted by atomic mass is 9.97. The third-order valence-electron chi connectivity index (χ3n) is 5.83. The zero-order valence-electron chi connectivity index (χ0n) is 16.8. The van der Waals surface area contributed by atoms with Crippen molar-refractivity contribution in [1.82, 2.24) is 20.5 Å². The Bertz CT molecular complexity index is 855. The Labute approximate surface area is 170 Å². The highest BCUT2D eigenvalue weighted by molar-refractivity contribution is 5.97. The number of nitrogens with zero attached hydrogens (tertiary/aromatic N) is 2. The second-order valence-electron chi connectivity index (χ2n) is 8.05. The van der Waals surface area contributed by atoms with E-state index in [0.29, 0.717) is 31.1 Å². The zero-order chi connectivity index (χ0) is 20.2.